The Morgan fingerprint density at radius 2 is 1.95 bits per heavy atom. The highest BCUT2D eigenvalue weighted by Gasteiger charge is 2.21. The summed E-state index contributed by atoms with van der Waals surface area (Å²) < 4.78 is 5.95. The number of fused-ring (bicyclic) bond motifs is 1. The zero-order valence-electron chi connectivity index (χ0n) is 14.0. The monoisotopic (exact) mass is 289 g/mol. The molecule has 2 atom stereocenters. The number of hydrogen-bond acceptors (Lipinski definition) is 2. The summed E-state index contributed by atoms with van der Waals surface area (Å²) in [6.07, 6.45) is 7.49. The van der Waals surface area contributed by atoms with Crippen molar-refractivity contribution in [2.45, 2.75) is 71.4 Å². The smallest absolute Gasteiger partial charge is 0.0728 e. The van der Waals surface area contributed by atoms with Crippen LogP contribution in [0.1, 0.15) is 56.7 Å². The molecule has 0 spiro atoms. The molecule has 0 heterocycles. The quantitative estimate of drug-likeness (QED) is 0.744. The highest BCUT2D eigenvalue weighted by molar-refractivity contribution is 5.35. The van der Waals surface area contributed by atoms with Crippen LogP contribution < -0.4 is 5.32 Å². The molecule has 2 heteroatoms. The second-order valence-electron chi connectivity index (χ2n) is 6.12. The van der Waals surface area contributed by atoms with E-state index in [9.17, 15) is 0 Å². The van der Waals surface area contributed by atoms with Gasteiger partial charge in [0.2, 0.25) is 0 Å². The second kappa shape index (κ2) is 8.55. The minimum Gasteiger partial charge on any atom is -0.377 e. The number of ether oxygens (including phenoxy) is 1. The van der Waals surface area contributed by atoms with Gasteiger partial charge in [0.15, 0.2) is 0 Å². The molecule has 2 rings (SSSR count). The minimum atomic E-state index is 0.315. The summed E-state index contributed by atoms with van der Waals surface area (Å²) in [6, 6.07) is 7.52. The van der Waals surface area contributed by atoms with Crippen LogP contribution >= 0.6 is 0 Å². The first-order valence-corrected chi connectivity index (χ1v) is 8.74. The lowest BCUT2D eigenvalue weighted by Gasteiger charge is -2.27. The van der Waals surface area contributed by atoms with Crippen LogP contribution in [0.2, 0.25) is 0 Å². The first-order valence-electron chi connectivity index (χ1n) is 8.74. The van der Waals surface area contributed by atoms with Gasteiger partial charge < -0.3 is 10.1 Å². The van der Waals surface area contributed by atoms with Crippen molar-refractivity contribution in [1.29, 1.82) is 0 Å². The average Bonchev–Trinajstić information content (AvgIpc) is 2.96. The van der Waals surface area contributed by atoms with Gasteiger partial charge in [0.25, 0.3) is 0 Å². The van der Waals surface area contributed by atoms with Crippen LogP contribution in [0.4, 0.5) is 0 Å². The molecule has 118 valence electrons. The molecule has 0 aromatic heterocycles. The first kappa shape index (κ1) is 16.5. The molecule has 21 heavy (non-hydrogen) atoms. The zero-order valence-corrected chi connectivity index (χ0v) is 14.0. The van der Waals surface area contributed by atoms with Gasteiger partial charge in [-0.15, -0.1) is 0 Å². The van der Waals surface area contributed by atoms with E-state index >= 15 is 0 Å². The average molecular weight is 289 g/mol. The van der Waals surface area contributed by atoms with Crippen molar-refractivity contribution >= 4 is 0 Å². The van der Waals surface area contributed by atoms with E-state index in [1.807, 2.05) is 0 Å². The number of nitrogens with one attached hydrogen (secondary N) is 1. The molecule has 0 bridgehead atoms. The molecule has 0 fully saturated rings. The maximum atomic E-state index is 5.95. The van der Waals surface area contributed by atoms with Gasteiger partial charge in [-0.2, -0.15) is 0 Å². The fourth-order valence-corrected chi connectivity index (χ4v) is 3.40. The number of rotatable bonds is 9. The van der Waals surface area contributed by atoms with Gasteiger partial charge in [0.05, 0.1) is 6.10 Å². The van der Waals surface area contributed by atoms with E-state index in [-0.39, 0.29) is 0 Å². The highest BCUT2D eigenvalue weighted by Crippen LogP contribution is 2.24. The lowest BCUT2D eigenvalue weighted by atomic mass is 9.96. The number of aryl methyl sites for hydroxylation is 2. The number of benzene rings is 1. The van der Waals surface area contributed by atoms with Gasteiger partial charge in [-0.05, 0) is 68.7 Å². The van der Waals surface area contributed by atoms with Gasteiger partial charge in [0.1, 0.15) is 0 Å². The Balaban J connectivity index is 2.06. The molecule has 0 amide bonds. The summed E-state index contributed by atoms with van der Waals surface area (Å²) in [5, 5.41) is 3.70. The maximum absolute atomic E-state index is 5.95. The van der Waals surface area contributed by atoms with E-state index in [1.54, 1.807) is 11.1 Å². The van der Waals surface area contributed by atoms with Crippen LogP contribution in [0.3, 0.4) is 0 Å². The largest absolute Gasteiger partial charge is 0.377 e. The lowest BCUT2D eigenvalue weighted by molar-refractivity contribution is 0.0319. The molecule has 0 saturated heterocycles. The Labute approximate surface area is 130 Å². The molecule has 1 aromatic carbocycles. The normalized spacial score (nSPS) is 16.7. The third-order valence-electron chi connectivity index (χ3n) is 4.51. The molecule has 2 nitrogen and oxygen atoms in total. The molecular formula is C19H31NO. The third kappa shape index (κ3) is 4.55. The van der Waals surface area contributed by atoms with Gasteiger partial charge in [-0.1, -0.05) is 32.0 Å². The number of hydrogen-bond donors (Lipinski definition) is 1. The van der Waals surface area contributed by atoms with E-state index in [0.717, 1.165) is 26.0 Å². The van der Waals surface area contributed by atoms with Crippen LogP contribution in [0.25, 0.3) is 0 Å². The third-order valence-corrected chi connectivity index (χ3v) is 4.51. The van der Waals surface area contributed by atoms with Crippen LogP contribution in [-0.2, 0) is 24.0 Å². The summed E-state index contributed by atoms with van der Waals surface area (Å²) in [6.45, 7) is 8.41. The van der Waals surface area contributed by atoms with E-state index in [2.05, 4.69) is 44.3 Å². The molecule has 0 saturated carbocycles. The molecule has 2 unspecified atom stereocenters. The Kier molecular flexibility index (Phi) is 6.72. The standard InChI is InChI=1S/C19H31NO/c1-4-12-20-18(19(5-2)21-6-3)14-15-10-11-16-8-7-9-17(16)13-15/h10-11,13,18-20H,4-9,12,14H2,1-3H3. The summed E-state index contributed by atoms with van der Waals surface area (Å²) >= 11 is 0. The minimum absolute atomic E-state index is 0.315. The van der Waals surface area contributed by atoms with Crippen LogP contribution in [0, 0.1) is 0 Å². The second-order valence-corrected chi connectivity index (χ2v) is 6.12. The summed E-state index contributed by atoms with van der Waals surface area (Å²) in [5.74, 6) is 0. The van der Waals surface area contributed by atoms with Crippen molar-refractivity contribution in [3.63, 3.8) is 0 Å². The van der Waals surface area contributed by atoms with Crippen molar-refractivity contribution < 1.29 is 4.74 Å². The topological polar surface area (TPSA) is 21.3 Å². The Morgan fingerprint density at radius 3 is 2.67 bits per heavy atom. The van der Waals surface area contributed by atoms with Crippen LogP contribution in [0.15, 0.2) is 18.2 Å². The van der Waals surface area contributed by atoms with Crippen molar-refractivity contribution in [3.8, 4) is 0 Å². The molecule has 1 N–H and O–H groups in total. The lowest BCUT2D eigenvalue weighted by Crippen LogP contribution is -2.43. The fourth-order valence-electron chi connectivity index (χ4n) is 3.40. The van der Waals surface area contributed by atoms with Crippen LogP contribution in [-0.4, -0.2) is 25.3 Å². The Morgan fingerprint density at radius 1 is 1.14 bits per heavy atom. The van der Waals surface area contributed by atoms with E-state index in [0.29, 0.717) is 12.1 Å². The summed E-state index contributed by atoms with van der Waals surface area (Å²) in [4.78, 5) is 0. The molecule has 1 aliphatic carbocycles. The first-order chi connectivity index (χ1) is 10.3. The van der Waals surface area contributed by atoms with E-state index in [4.69, 9.17) is 4.74 Å². The van der Waals surface area contributed by atoms with Gasteiger partial charge >= 0.3 is 0 Å². The zero-order chi connectivity index (χ0) is 15.1. The molecule has 1 aromatic rings. The Hall–Kier alpha value is -0.860. The van der Waals surface area contributed by atoms with Crippen molar-refractivity contribution in [1.82, 2.24) is 5.32 Å². The van der Waals surface area contributed by atoms with Crippen molar-refractivity contribution in [2.75, 3.05) is 13.2 Å². The summed E-state index contributed by atoms with van der Waals surface area (Å²) in [7, 11) is 0. The molecule has 0 aliphatic heterocycles. The summed E-state index contributed by atoms with van der Waals surface area (Å²) in [5.41, 5.74) is 4.60. The molecule has 1 aliphatic rings. The molecule has 0 radical (unpaired) electrons. The highest BCUT2D eigenvalue weighted by atomic mass is 16.5. The molecular weight excluding hydrogens is 258 g/mol. The SMILES string of the molecule is CCCNC(Cc1ccc2c(c1)CCC2)C(CC)OCC. The van der Waals surface area contributed by atoms with Gasteiger partial charge in [-0.25, -0.2) is 0 Å². The predicted molar refractivity (Wildman–Crippen MR) is 90.0 cm³/mol. The predicted octanol–water partition coefficient (Wildman–Crippen LogP) is 3.90. The van der Waals surface area contributed by atoms with Crippen molar-refractivity contribution in [2.24, 2.45) is 0 Å². The Bertz CT molecular complexity index is 430. The van der Waals surface area contributed by atoms with Gasteiger partial charge in [0, 0.05) is 12.6 Å². The van der Waals surface area contributed by atoms with E-state index < -0.39 is 0 Å². The fraction of sp³-hybridized carbons (Fsp3) is 0.684. The van der Waals surface area contributed by atoms with Crippen LogP contribution in [0.5, 0.6) is 0 Å². The van der Waals surface area contributed by atoms with Gasteiger partial charge in [-0.3, -0.25) is 0 Å². The van der Waals surface area contributed by atoms with E-state index in [1.165, 1.54) is 31.2 Å². The van der Waals surface area contributed by atoms with Crippen molar-refractivity contribution in [3.05, 3.63) is 34.9 Å². The maximum Gasteiger partial charge on any atom is 0.0728 e.